The van der Waals surface area contributed by atoms with Crippen molar-refractivity contribution in [3.63, 3.8) is 0 Å². The van der Waals surface area contributed by atoms with E-state index in [-0.39, 0.29) is 5.69 Å². The summed E-state index contributed by atoms with van der Waals surface area (Å²) in [6, 6.07) is 1.74. The third-order valence-corrected chi connectivity index (χ3v) is 5.05. The van der Waals surface area contributed by atoms with Crippen LogP contribution in [0, 0.1) is 0 Å². The highest BCUT2D eigenvalue weighted by molar-refractivity contribution is 9.13. The van der Waals surface area contributed by atoms with E-state index in [4.69, 9.17) is 9.52 Å². The molecule has 18 heavy (non-hydrogen) atoms. The number of hydrogen-bond acceptors (Lipinski definition) is 4. The Morgan fingerprint density at radius 1 is 1.56 bits per heavy atom. The minimum atomic E-state index is -1.03. The average molecular weight is 395 g/mol. The van der Waals surface area contributed by atoms with Gasteiger partial charge in [0.15, 0.2) is 10.4 Å². The molecule has 0 radical (unpaired) electrons. The molecule has 0 aromatic carbocycles. The number of nitrogens with zero attached hydrogens (tertiary/aromatic N) is 1. The molecule has 0 amide bonds. The van der Waals surface area contributed by atoms with Crippen LogP contribution in [0.25, 0.3) is 10.6 Å². The summed E-state index contributed by atoms with van der Waals surface area (Å²) in [4.78, 5) is 15.9. The Morgan fingerprint density at radius 2 is 2.28 bits per heavy atom. The summed E-state index contributed by atoms with van der Waals surface area (Å²) < 4.78 is 6.75. The normalized spacial score (nSPS) is 10.8. The van der Waals surface area contributed by atoms with Crippen LogP contribution in [0.4, 0.5) is 0 Å². The lowest BCUT2D eigenvalue weighted by atomic mass is 10.3. The second kappa shape index (κ2) is 5.54. The van der Waals surface area contributed by atoms with Crippen LogP contribution in [0.15, 0.2) is 19.6 Å². The van der Waals surface area contributed by atoms with Gasteiger partial charge in [0.25, 0.3) is 0 Å². The van der Waals surface area contributed by atoms with Crippen LogP contribution in [0.5, 0.6) is 0 Å². The van der Waals surface area contributed by atoms with Gasteiger partial charge in [0, 0.05) is 6.07 Å². The van der Waals surface area contributed by atoms with Gasteiger partial charge >= 0.3 is 5.97 Å². The fraction of sp³-hybridized carbons (Fsp3) is 0.273. The van der Waals surface area contributed by atoms with Gasteiger partial charge in [-0.1, -0.05) is 6.92 Å². The molecule has 2 aromatic heterocycles. The van der Waals surface area contributed by atoms with Crippen molar-refractivity contribution in [2.75, 3.05) is 0 Å². The minimum Gasteiger partial charge on any atom is -0.476 e. The largest absolute Gasteiger partial charge is 0.476 e. The van der Waals surface area contributed by atoms with Crippen molar-refractivity contribution in [1.29, 1.82) is 0 Å². The van der Waals surface area contributed by atoms with E-state index >= 15 is 0 Å². The van der Waals surface area contributed by atoms with Crippen LogP contribution < -0.4 is 0 Å². The summed E-state index contributed by atoms with van der Waals surface area (Å²) in [7, 11) is 0. The number of carboxylic acids is 1. The Hall–Kier alpha value is -0.660. The third kappa shape index (κ3) is 2.67. The highest BCUT2D eigenvalue weighted by Gasteiger charge is 2.22. The number of aryl methyl sites for hydroxylation is 1. The smallest absolute Gasteiger partial charge is 0.356 e. The number of aromatic nitrogens is 1. The van der Waals surface area contributed by atoms with Gasteiger partial charge in [0.05, 0.1) is 9.48 Å². The first-order valence-electron chi connectivity index (χ1n) is 5.21. The lowest BCUT2D eigenvalue weighted by Gasteiger charge is -1.92. The molecular formula is C11H9Br2NO3S. The molecule has 0 unspecified atom stereocenters. The molecule has 0 fully saturated rings. The topological polar surface area (TPSA) is 63.3 Å². The summed E-state index contributed by atoms with van der Waals surface area (Å²) >= 11 is 7.90. The van der Waals surface area contributed by atoms with Crippen molar-refractivity contribution >= 4 is 49.2 Å². The number of aromatic carboxylic acids is 1. The standard InChI is InChI=1S/C11H9Br2NO3S/c1-2-3-7-14-8(11(15)16)9(18-7)6-4-5(12)10(13)17-6/h4H,2-3H2,1H3,(H,15,16). The number of carboxylic acid groups (broad SMARTS) is 1. The summed E-state index contributed by atoms with van der Waals surface area (Å²) in [6.07, 6.45) is 1.70. The highest BCUT2D eigenvalue weighted by Crippen LogP contribution is 2.37. The molecule has 0 bridgehead atoms. The van der Waals surface area contributed by atoms with Crippen LogP contribution in [-0.4, -0.2) is 16.1 Å². The van der Waals surface area contributed by atoms with Crippen LogP contribution in [0.3, 0.4) is 0 Å². The molecule has 2 aromatic rings. The number of furan rings is 1. The zero-order valence-electron chi connectivity index (χ0n) is 9.37. The number of rotatable bonds is 4. The van der Waals surface area contributed by atoms with Crippen molar-refractivity contribution < 1.29 is 14.3 Å². The third-order valence-electron chi connectivity index (χ3n) is 2.21. The Bertz CT molecular complexity index is 572. The van der Waals surface area contributed by atoms with E-state index in [9.17, 15) is 4.79 Å². The Kier molecular flexibility index (Phi) is 4.24. The molecule has 0 atom stereocenters. The van der Waals surface area contributed by atoms with Gasteiger partial charge in [-0.25, -0.2) is 9.78 Å². The van der Waals surface area contributed by atoms with E-state index in [1.807, 2.05) is 6.92 Å². The first kappa shape index (κ1) is 13.8. The monoisotopic (exact) mass is 393 g/mol. The minimum absolute atomic E-state index is 0.0530. The summed E-state index contributed by atoms with van der Waals surface area (Å²) in [5, 5.41) is 9.98. The summed E-state index contributed by atoms with van der Waals surface area (Å²) in [5.41, 5.74) is 0.0530. The van der Waals surface area contributed by atoms with Crippen molar-refractivity contribution in [2.45, 2.75) is 19.8 Å². The van der Waals surface area contributed by atoms with Crippen LogP contribution >= 0.6 is 43.2 Å². The highest BCUT2D eigenvalue weighted by atomic mass is 79.9. The van der Waals surface area contributed by atoms with E-state index in [0.717, 1.165) is 22.3 Å². The maximum absolute atomic E-state index is 11.2. The molecule has 1 N–H and O–H groups in total. The molecule has 96 valence electrons. The molecule has 0 aliphatic rings. The molecule has 0 saturated carbocycles. The lowest BCUT2D eigenvalue weighted by Crippen LogP contribution is -1.98. The Morgan fingerprint density at radius 3 is 2.78 bits per heavy atom. The lowest BCUT2D eigenvalue weighted by molar-refractivity contribution is 0.0691. The number of thiazole rings is 1. The molecule has 7 heteroatoms. The van der Waals surface area contributed by atoms with Gasteiger partial charge in [-0.2, -0.15) is 0 Å². The van der Waals surface area contributed by atoms with Crippen molar-refractivity contribution in [3.05, 3.63) is 25.9 Å². The Balaban J connectivity index is 2.51. The Labute approximate surface area is 124 Å². The molecule has 0 aliphatic heterocycles. The van der Waals surface area contributed by atoms with Crippen LogP contribution in [0.2, 0.25) is 0 Å². The van der Waals surface area contributed by atoms with Crippen LogP contribution in [-0.2, 0) is 6.42 Å². The zero-order chi connectivity index (χ0) is 13.3. The average Bonchev–Trinajstić information content (AvgIpc) is 2.85. The number of hydrogen-bond donors (Lipinski definition) is 1. The van der Waals surface area contributed by atoms with Gasteiger partial charge in [0.2, 0.25) is 0 Å². The fourth-order valence-electron chi connectivity index (χ4n) is 1.46. The first-order chi connectivity index (χ1) is 8.52. The molecular weight excluding hydrogens is 386 g/mol. The molecule has 0 aliphatic carbocycles. The number of carbonyl (C=O) groups is 1. The maximum atomic E-state index is 11.2. The first-order valence-corrected chi connectivity index (χ1v) is 7.61. The van der Waals surface area contributed by atoms with E-state index in [1.165, 1.54) is 11.3 Å². The SMILES string of the molecule is CCCc1nc(C(=O)O)c(-c2cc(Br)c(Br)o2)s1. The van der Waals surface area contributed by atoms with Gasteiger partial charge in [-0.15, -0.1) is 11.3 Å². The molecule has 0 saturated heterocycles. The van der Waals surface area contributed by atoms with E-state index < -0.39 is 5.97 Å². The fourth-order valence-corrected chi connectivity index (χ4v) is 3.14. The zero-order valence-corrected chi connectivity index (χ0v) is 13.4. The molecule has 0 spiro atoms. The predicted octanol–water partition coefficient (Wildman–Crippen LogP) is 4.58. The second-order valence-corrected chi connectivity index (χ2v) is 6.23. The molecule has 2 rings (SSSR count). The quantitative estimate of drug-likeness (QED) is 0.824. The van der Waals surface area contributed by atoms with E-state index in [0.29, 0.717) is 15.3 Å². The second-order valence-electron chi connectivity index (χ2n) is 3.57. The van der Waals surface area contributed by atoms with E-state index in [2.05, 4.69) is 36.8 Å². The van der Waals surface area contributed by atoms with Crippen molar-refractivity contribution in [3.8, 4) is 10.6 Å². The van der Waals surface area contributed by atoms with Crippen LogP contribution in [0.1, 0.15) is 28.8 Å². The van der Waals surface area contributed by atoms with Gasteiger partial charge in [0.1, 0.15) is 10.6 Å². The maximum Gasteiger partial charge on any atom is 0.356 e. The van der Waals surface area contributed by atoms with Crippen molar-refractivity contribution in [1.82, 2.24) is 4.98 Å². The van der Waals surface area contributed by atoms with Gasteiger partial charge in [-0.05, 0) is 44.7 Å². The molecule has 4 nitrogen and oxygen atoms in total. The van der Waals surface area contributed by atoms with Crippen molar-refractivity contribution in [2.24, 2.45) is 0 Å². The van der Waals surface area contributed by atoms with Gasteiger partial charge in [-0.3, -0.25) is 0 Å². The summed E-state index contributed by atoms with van der Waals surface area (Å²) in [5.74, 6) is -0.529. The predicted molar refractivity (Wildman–Crippen MR) is 76.2 cm³/mol. The van der Waals surface area contributed by atoms with Gasteiger partial charge < -0.3 is 9.52 Å². The molecule has 2 heterocycles. The summed E-state index contributed by atoms with van der Waals surface area (Å²) in [6.45, 7) is 2.03. The number of halogens is 2. The van der Waals surface area contributed by atoms with E-state index in [1.54, 1.807) is 6.07 Å².